The summed E-state index contributed by atoms with van der Waals surface area (Å²) in [6, 6.07) is 16.9. The Hall–Kier alpha value is -1.80. The van der Waals surface area contributed by atoms with Crippen LogP contribution in [0.4, 0.5) is 0 Å². The van der Waals surface area contributed by atoms with Crippen LogP contribution in [0.5, 0.6) is 5.75 Å². The first-order chi connectivity index (χ1) is 12.6. The van der Waals surface area contributed by atoms with Crippen molar-refractivity contribution in [1.82, 2.24) is 0 Å². The molecule has 0 radical (unpaired) electrons. The van der Waals surface area contributed by atoms with E-state index in [1.54, 1.807) is 7.11 Å². The maximum atomic E-state index is 11.7. The number of hydrogen-bond donors (Lipinski definition) is 1. The fraction of sp³-hybridized carbons (Fsp3) is 0.500. The van der Waals surface area contributed by atoms with Gasteiger partial charge in [0.15, 0.2) is 0 Å². The summed E-state index contributed by atoms with van der Waals surface area (Å²) < 4.78 is 5.47. The van der Waals surface area contributed by atoms with Crippen LogP contribution in [0.2, 0.25) is 0 Å². The molecular weight excluding hydrogens is 320 g/mol. The quantitative estimate of drug-likeness (QED) is 0.674. The van der Waals surface area contributed by atoms with Gasteiger partial charge in [0.25, 0.3) is 0 Å². The summed E-state index contributed by atoms with van der Waals surface area (Å²) in [5, 5.41) is 11.7. The van der Waals surface area contributed by atoms with E-state index in [0.29, 0.717) is 0 Å². The molecule has 2 heteroatoms. The zero-order chi connectivity index (χ0) is 18.6. The van der Waals surface area contributed by atoms with Gasteiger partial charge in [0, 0.05) is 5.92 Å². The van der Waals surface area contributed by atoms with Crippen LogP contribution in [0.3, 0.4) is 0 Å². The number of methoxy groups -OCH3 is 1. The fourth-order valence-corrected chi connectivity index (χ4v) is 4.67. The number of aryl methyl sites for hydroxylation is 1. The first-order valence-corrected chi connectivity index (χ1v) is 10.0. The van der Waals surface area contributed by atoms with Gasteiger partial charge in [0.1, 0.15) is 5.75 Å². The Balaban J connectivity index is 2.12. The Bertz CT molecular complexity index is 709. The van der Waals surface area contributed by atoms with Crippen LogP contribution in [-0.4, -0.2) is 18.3 Å². The number of benzene rings is 2. The molecule has 1 aliphatic carbocycles. The second-order valence-electron chi connectivity index (χ2n) is 7.72. The van der Waals surface area contributed by atoms with Gasteiger partial charge in [0.05, 0.1) is 13.2 Å². The second kappa shape index (κ2) is 8.26. The van der Waals surface area contributed by atoms with Gasteiger partial charge in [-0.1, -0.05) is 63.1 Å². The van der Waals surface area contributed by atoms with Crippen LogP contribution in [-0.2, 0) is 6.42 Å². The summed E-state index contributed by atoms with van der Waals surface area (Å²) in [4.78, 5) is 0. The third kappa shape index (κ3) is 3.53. The molecule has 2 aromatic carbocycles. The van der Waals surface area contributed by atoms with E-state index in [9.17, 15) is 5.11 Å². The molecular formula is C24H32O2. The zero-order valence-electron chi connectivity index (χ0n) is 16.4. The minimum atomic E-state index is -0.365. The van der Waals surface area contributed by atoms with Crippen molar-refractivity contribution >= 4 is 0 Å². The molecule has 0 amide bonds. The molecule has 0 aromatic heterocycles. The number of hydrogen-bond acceptors (Lipinski definition) is 2. The van der Waals surface area contributed by atoms with Crippen molar-refractivity contribution in [2.24, 2.45) is 5.41 Å². The summed E-state index contributed by atoms with van der Waals surface area (Å²) in [5.74, 6) is 0.930. The molecule has 2 nitrogen and oxygen atoms in total. The van der Waals surface area contributed by atoms with Crippen molar-refractivity contribution in [2.45, 2.75) is 64.4 Å². The molecule has 0 fully saturated rings. The molecule has 2 aromatic rings. The highest BCUT2D eigenvalue weighted by atomic mass is 16.5. The Morgan fingerprint density at radius 3 is 2.54 bits per heavy atom. The minimum absolute atomic E-state index is 0.0245. The van der Waals surface area contributed by atoms with Crippen LogP contribution in [0.25, 0.3) is 0 Å². The fourth-order valence-electron chi connectivity index (χ4n) is 4.67. The molecule has 0 aliphatic heterocycles. The topological polar surface area (TPSA) is 29.5 Å². The van der Waals surface area contributed by atoms with Gasteiger partial charge in [-0.15, -0.1) is 0 Å². The van der Waals surface area contributed by atoms with E-state index < -0.39 is 0 Å². The Kier molecular flexibility index (Phi) is 6.03. The van der Waals surface area contributed by atoms with Crippen molar-refractivity contribution in [3.8, 4) is 5.75 Å². The maximum absolute atomic E-state index is 11.7. The Morgan fingerprint density at radius 2 is 1.88 bits per heavy atom. The van der Waals surface area contributed by atoms with Crippen molar-refractivity contribution in [3.63, 3.8) is 0 Å². The molecule has 0 unspecified atom stereocenters. The van der Waals surface area contributed by atoms with Crippen molar-refractivity contribution < 1.29 is 9.84 Å². The first-order valence-electron chi connectivity index (χ1n) is 10.0. The van der Waals surface area contributed by atoms with Crippen molar-refractivity contribution in [1.29, 1.82) is 0 Å². The van der Waals surface area contributed by atoms with Gasteiger partial charge in [-0.05, 0) is 59.9 Å². The number of aliphatic hydroxyl groups is 1. The molecule has 1 aliphatic rings. The van der Waals surface area contributed by atoms with Gasteiger partial charge in [-0.25, -0.2) is 0 Å². The molecule has 0 saturated heterocycles. The summed E-state index contributed by atoms with van der Waals surface area (Å²) in [7, 11) is 1.72. The zero-order valence-corrected chi connectivity index (χ0v) is 16.4. The molecule has 140 valence electrons. The van der Waals surface area contributed by atoms with Crippen molar-refractivity contribution in [3.05, 3.63) is 65.2 Å². The van der Waals surface area contributed by atoms with Gasteiger partial charge < -0.3 is 9.84 Å². The molecule has 1 N–H and O–H groups in total. The number of unbranched alkanes of at least 4 members (excludes halogenated alkanes) is 1. The highest BCUT2D eigenvalue weighted by Crippen LogP contribution is 2.49. The molecule has 0 spiro atoms. The second-order valence-corrected chi connectivity index (χ2v) is 7.72. The maximum Gasteiger partial charge on any atom is 0.119 e. The lowest BCUT2D eigenvalue weighted by Crippen LogP contribution is -2.38. The molecule has 0 saturated carbocycles. The standard InChI is InChI=1S/C24H32O2/c1-4-6-15-24(5-2)16-14-19-17-20(26-3)12-13-21(19)22(23(24)25)18-10-8-7-9-11-18/h7-13,17,22-23,25H,4-6,14-16H2,1-3H3/t22-,23-,24-/m1/s1. The smallest absolute Gasteiger partial charge is 0.119 e. The van der Waals surface area contributed by atoms with E-state index >= 15 is 0 Å². The third-order valence-corrected chi connectivity index (χ3v) is 6.41. The monoisotopic (exact) mass is 352 g/mol. The van der Waals surface area contributed by atoms with Crippen LogP contribution in [0.1, 0.15) is 68.6 Å². The summed E-state index contributed by atoms with van der Waals surface area (Å²) in [5.41, 5.74) is 3.77. The minimum Gasteiger partial charge on any atom is -0.497 e. The average Bonchev–Trinajstić information content (AvgIpc) is 2.81. The lowest BCUT2D eigenvalue weighted by Gasteiger charge is -2.40. The number of rotatable bonds is 6. The lowest BCUT2D eigenvalue weighted by molar-refractivity contribution is -0.00156. The largest absolute Gasteiger partial charge is 0.497 e. The first kappa shape index (κ1) is 19.0. The normalized spacial score (nSPS) is 25.4. The molecule has 0 heterocycles. The van der Waals surface area contributed by atoms with E-state index in [1.165, 1.54) is 29.5 Å². The van der Waals surface area contributed by atoms with E-state index in [0.717, 1.165) is 31.4 Å². The number of aliphatic hydroxyl groups excluding tert-OH is 1. The predicted molar refractivity (Wildman–Crippen MR) is 108 cm³/mol. The van der Waals surface area contributed by atoms with E-state index in [4.69, 9.17) is 4.74 Å². The molecule has 3 atom stereocenters. The Labute approximate surface area is 158 Å². The van der Waals surface area contributed by atoms with Crippen LogP contribution in [0, 0.1) is 5.41 Å². The third-order valence-electron chi connectivity index (χ3n) is 6.41. The van der Waals surface area contributed by atoms with Gasteiger partial charge in [0.2, 0.25) is 0 Å². The van der Waals surface area contributed by atoms with Gasteiger partial charge in [-0.3, -0.25) is 0 Å². The van der Waals surface area contributed by atoms with Gasteiger partial charge >= 0.3 is 0 Å². The molecule has 26 heavy (non-hydrogen) atoms. The summed E-state index contributed by atoms with van der Waals surface area (Å²) in [6.07, 6.45) is 6.13. The molecule has 3 rings (SSSR count). The van der Waals surface area contributed by atoms with E-state index in [1.807, 2.05) is 12.1 Å². The van der Waals surface area contributed by atoms with Crippen LogP contribution in [0.15, 0.2) is 48.5 Å². The highest BCUT2D eigenvalue weighted by molar-refractivity contribution is 5.44. The number of ether oxygens (including phenoxy) is 1. The average molecular weight is 353 g/mol. The summed E-state index contributed by atoms with van der Waals surface area (Å²) in [6.45, 7) is 4.48. The van der Waals surface area contributed by atoms with E-state index in [-0.39, 0.29) is 17.4 Å². The lowest BCUT2D eigenvalue weighted by atomic mass is 9.67. The van der Waals surface area contributed by atoms with Crippen LogP contribution < -0.4 is 4.74 Å². The Morgan fingerprint density at radius 1 is 1.12 bits per heavy atom. The highest BCUT2D eigenvalue weighted by Gasteiger charge is 2.43. The molecule has 0 bridgehead atoms. The number of fused-ring (bicyclic) bond motifs is 1. The predicted octanol–water partition coefficient (Wildman–Crippen LogP) is 5.72. The summed E-state index contributed by atoms with van der Waals surface area (Å²) >= 11 is 0. The van der Waals surface area contributed by atoms with E-state index in [2.05, 4.69) is 50.2 Å². The van der Waals surface area contributed by atoms with Crippen molar-refractivity contribution in [2.75, 3.05) is 7.11 Å². The van der Waals surface area contributed by atoms with Crippen LogP contribution >= 0.6 is 0 Å². The van der Waals surface area contributed by atoms with Gasteiger partial charge in [-0.2, -0.15) is 0 Å². The SMILES string of the molecule is CCCC[C@]1(CC)CCc2cc(OC)ccc2[C@@H](c2ccccc2)[C@H]1O.